The molecule has 0 spiro atoms. The Kier molecular flexibility index (Phi) is 7.49. The maximum absolute atomic E-state index is 12.9. The average Bonchev–Trinajstić information content (AvgIpc) is 3.18. The standard InChI is InChI=1S/C21H31N5O2S2/c1-4-25(5-2)30(27,28)18-12-11-16(3)19(15-18)23-21(29)24-20-13-14-22-26(20)17-9-7-6-8-10-17/h11-15,17H,4-10H2,1-3H3,(H2,23,24,29). The third-order valence-corrected chi connectivity index (χ3v) is 7.88. The van der Waals surface area contributed by atoms with Gasteiger partial charge in [0.15, 0.2) is 5.11 Å². The number of thiocarbonyl (C=S) groups is 1. The minimum Gasteiger partial charge on any atom is -0.332 e. The van der Waals surface area contributed by atoms with E-state index in [9.17, 15) is 8.42 Å². The predicted molar refractivity (Wildman–Crippen MR) is 125 cm³/mol. The lowest BCUT2D eigenvalue weighted by Crippen LogP contribution is -2.30. The summed E-state index contributed by atoms with van der Waals surface area (Å²) in [6.07, 6.45) is 7.76. The summed E-state index contributed by atoms with van der Waals surface area (Å²) in [4.78, 5) is 0.259. The fourth-order valence-electron chi connectivity index (χ4n) is 3.91. The predicted octanol–water partition coefficient (Wildman–Crippen LogP) is 4.54. The Bertz CT molecular complexity index is 977. The molecule has 30 heavy (non-hydrogen) atoms. The molecule has 1 aromatic carbocycles. The van der Waals surface area contributed by atoms with Gasteiger partial charge in [-0.1, -0.05) is 39.2 Å². The Morgan fingerprint density at radius 1 is 1.17 bits per heavy atom. The van der Waals surface area contributed by atoms with Gasteiger partial charge in [0.25, 0.3) is 0 Å². The molecule has 164 valence electrons. The van der Waals surface area contributed by atoms with Crippen LogP contribution in [0.4, 0.5) is 11.5 Å². The lowest BCUT2D eigenvalue weighted by molar-refractivity contribution is 0.333. The van der Waals surface area contributed by atoms with Gasteiger partial charge in [0, 0.05) is 24.8 Å². The second-order valence-electron chi connectivity index (χ2n) is 7.60. The van der Waals surface area contributed by atoms with Crippen molar-refractivity contribution < 1.29 is 8.42 Å². The average molecular weight is 450 g/mol. The molecule has 9 heteroatoms. The number of nitrogens with zero attached hydrogens (tertiary/aromatic N) is 3. The first kappa shape index (κ1) is 22.7. The van der Waals surface area contributed by atoms with Crippen LogP contribution in [0.5, 0.6) is 0 Å². The van der Waals surface area contributed by atoms with E-state index in [1.54, 1.807) is 24.4 Å². The van der Waals surface area contributed by atoms with Crippen molar-refractivity contribution in [3.05, 3.63) is 36.0 Å². The molecule has 3 rings (SSSR count). The van der Waals surface area contributed by atoms with Gasteiger partial charge in [0.2, 0.25) is 10.0 Å². The molecule has 0 aliphatic heterocycles. The van der Waals surface area contributed by atoms with Crippen molar-refractivity contribution in [1.29, 1.82) is 0 Å². The highest BCUT2D eigenvalue weighted by atomic mass is 32.2. The van der Waals surface area contributed by atoms with E-state index < -0.39 is 10.0 Å². The zero-order valence-corrected chi connectivity index (χ0v) is 19.5. The number of hydrogen-bond donors (Lipinski definition) is 2. The molecule has 1 saturated carbocycles. The van der Waals surface area contributed by atoms with Gasteiger partial charge in [-0.3, -0.25) is 0 Å². The van der Waals surface area contributed by atoms with Gasteiger partial charge in [-0.15, -0.1) is 0 Å². The molecule has 1 aliphatic rings. The van der Waals surface area contributed by atoms with E-state index in [1.807, 2.05) is 31.5 Å². The third kappa shape index (κ3) is 5.01. The van der Waals surface area contributed by atoms with Crippen LogP contribution in [0.1, 0.15) is 57.6 Å². The van der Waals surface area contributed by atoms with Gasteiger partial charge in [-0.2, -0.15) is 9.40 Å². The number of nitrogens with one attached hydrogen (secondary N) is 2. The molecule has 1 fully saturated rings. The second kappa shape index (κ2) is 9.89. The van der Waals surface area contributed by atoms with Crippen LogP contribution in [0.15, 0.2) is 35.4 Å². The quantitative estimate of drug-likeness (QED) is 0.605. The van der Waals surface area contributed by atoms with Crippen LogP contribution in [-0.4, -0.2) is 40.7 Å². The number of anilines is 2. The lowest BCUT2D eigenvalue weighted by atomic mass is 9.96. The largest absolute Gasteiger partial charge is 0.332 e. The summed E-state index contributed by atoms with van der Waals surface area (Å²) in [5.74, 6) is 0.851. The molecular weight excluding hydrogens is 418 g/mol. The van der Waals surface area contributed by atoms with Gasteiger partial charge in [0.05, 0.1) is 17.1 Å². The monoisotopic (exact) mass is 449 g/mol. The van der Waals surface area contributed by atoms with Gasteiger partial charge in [0.1, 0.15) is 5.82 Å². The summed E-state index contributed by atoms with van der Waals surface area (Å²) in [6, 6.07) is 7.39. The molecule has 0 saturated heterocycles. The number of hydrogen-bond acceptors (Lipinski definition) is 4. The van der Waals surface area contributed by atoms with Crippen LogP contribution >= 0.6 is 12.2 Å². The summed E-state index contributed by atoms with van der Waals surface area (Å²) in [5, 5.41) is 11.3. The Morgan fingerprint density at radius 3 is 2.53 bits per heavy atom. The molecule has 0 bridgehead atoms. The summed E-state index contributed by atoms with van der Waals surface area (Å²) < 4.78 is 29.2. The molecule has 1 aromatic heterocycles. The molecule has 0 amide bonds. The van der Waals surface area contributed by atoms with Crippen molar-refractivity contribution in [3.63, 3.8) is 0 Å². The first-order valence-electron chi connectivity index (χ1n) is 10.6. The highest BCUT2D eigenvalue weighted by Crippen LogP contribution is 2.30. The fraction of sp³-hybridized carbons (Fsp3) is 0.524. The van der Waals surface area contributed by atoms with Gasteiger partial charge >= 0.3 is 0 Å². The Labute approximate surface area is 184 Å². The van der Waals surface area contributed by atoms with E-state index in [0.29, 0.717) is 29.9 Å². The van der Waals surface area contributed by atoms with Crippen molar-refractivity contribution in [2.75, 3.05) is 23.7 Å². The minimum absolute atomic E-state index is 0.259. The number of benzene rings is 1. The summed E-state index contributed by atoms with van der Waals surface area (Å²) >= 11 is 5.52. The van der Waals surface area contributed by atoms with Crippen molar-refractivity contribution in [1.82, 2.24) is 14.1 Å². The van der Waals surface area contributed by atoms with Crippen LogP contribution in [0.2, 0.25) is 0 Å². The van der Waals surface area contributed by atoms with Crippen LogP contribution < -0.4 is 10.6 Å². The van der Waals surface area contributed by atoms with E-state index in [1.165, 1.54) is 23.6 Å². The lowest BCUT2D eigenvalue weighted by Gasteiger charge is -2.24. The SMILES string of the molecule is CCN(CC)S(=O)(=O)c1ccc(C)c(NC(=S)Nc2ccnn2C2CCCCC2)c1. The first-order valence-corrected chi connectivity index (χ1v) is 12.4. The van der Waals surface area contributed by atoms with Crippen molar-refractivity contribution in [2.45, 2.75) is 63.8 Å². The molecular formula is C21H31N5O2S2. The van der Waals surface area contributed by atoms with E-state index in [4.69, 9.17) is 12.2 Å². The highest BCUT2D eigenvalue weighted by molar-refractivity contribution is 7.89. The van der Waals surface area contributed by atoms with Gasteiger partial charge in [-0.05, 0) is 49.7 Å². The Hall–Kier alpha value is -1.97. The molecule has 2 N–H and O–H groups in total. The van der Waals surface area contributed by atoms with Gasteiger partial charge in [-0.25, -0.2) is 13.1 Å². The smallest absolute Gasteiger partial charge is 0.243 e. The summed E-state index contributed by atoms with van der Waals surface area (Å²) in [5.41, 5.74) is 1.59. The van der Waals surface area contributed by atoms with Crippen molar-refractivity contribution in [2.24, 2.45) is 0 Å². The van der Waals surface area contributed by atoms with Crippen LogP contribution in [0, 0.1) is 6.92 Å². The number of rotatable bonds is 7. The number of aromatic nitrogens is 2. The topological polar surface area (TPSA) is 79.3 Å². The van der Waals surface area contributed by atoms with Crippen molar-refractivity contribution >= 4 is 38.9 Å². The normalized spacial score (nSPS) is 15.3. The Morgan fingerprint density at radius 2 is 1.87 bits per heavy atom. The highest BCUT2D eigenvalue weighted by Gasteiger charge is 2.23. The molecule has 0 atom stereocenters. The Balaban J connectivity index is 1.76. The van der Waals surface area contributed by atoms with Crippen molar-refractivity contribution in [3.8, 4) is 0 Å². The molecule has 2 aromatic rings. The van der Waals surface area contributed by atoms with Crippen LogP contribution in [0.25, 0.3) is 0 Å². The van der Waals surface area contributed by atoms with E-state index in [0.717, 1.165) is 24.2 Å². The molecule has 1 aliphatic carbocycles. The summed E-state index contributed by atoms with van der Waals surface area (Å²) in [7, 11) is -3.53. The first-order chi connectivity index (χ1) is 14.4. The van der Waals surface area contributed by atoms with E-state index in [2.05, 4.69) is 15.7 Å². The van der Waals surface area contributed by atoms with Crippen LogP contribution in [0.3, 0.4) is 0 Å². The molecule has 1 heterocycles. The van der Waals surface area contributed by atoms with Crippen LogP contribution in [-0.2, 0) is 10.0 Å². The number of sulfonamides is 1. The number of aryl methyl sites for hydroxylation is 1. The maximum Gasteiger partial charge on any atom is 0.243 e. The second-order valence-corrected chi connectivity index (χ2v) is 9.94. The van der Waals surface area contributed by atoms with E-state index in [-0.39, 0.29) is 4.90 Å². The molecule has 0 unspecified atom stereocenters. The fourth-order valence-corrected chi connectivity index (χ4v) is 5.61. The summed E-state index contributed by atoms with van der Waals surface area (Å²) in [6.45, 7) is 6.46. The molecule has 7 nitrogen and oxygen atoms in total. The minimum atomic E-state index is -3.53. The zero-order chi connectivity index (χ0) is 21.7. The van der Waals surface area contributed by atoms with Gasteiger partial charge < -0.3 is 10.6 Å². The third-order valence-electron chi connectivity index (χ3n) is 5.63. The maximum atomic E-state index is 12.9. The molecule has 0 radical (unpaired) electrons. The van der Waals surface area contributed by atoms with E-state index >= 15 is 0 Å². The zero-order valence-electron chi connectivity index (χ0n) is 17.9.